The van der Waals surface area contributed by atoms with Gasteiger partial charge in [0.2, 0.25) is 10.0 Å². The van der Waals surface area contributed by atoms with Crippen molar-refractivity contribution < 1.29 is 13.2 Å². The van der Waals surface area contributed by atoms with Crippen LogP contribution in [0.4, 0.5) is 5.69 Å². The van der Waals surface area contributed by atoms with Gasteiger partial charge in [-0.3, -0.25) is 9.59 Å². The molecule has 0 atom stereocenters. The van der Waals surface area contributed by atoms with Gasteiger partial charge in [-0.15, -0.1) is 0 Å². The molecule has 1 aromatic carbocycles. The fraction of sp³-hybridized carbons (Fsp3) is 0.333. The van der Waals surface area contributed by atoms with Gasteiger partial charge in [0, 0.05) is 17.9 Å². The van der Waals surface area contributed by atoms with E-state index in [4.69, 9.17) is 0 Å². The van der Waals surface area contributed by atoms with Crippen LogP contribution in [0.5, 0.6) is 0 Å². The van der Waals surface area contributed by atoms with Crippen LogP contribution in [0.1, 0.15) is 34.1 Å². The van der Waals surface area contributed by atoms with Crippen molar-refractivity contribution in [2.24, 2.45) is 0 Å². The van der Waals surface area contributed by atoms with Crippen molar-refractivity contribution in [1.82, 2.24) is 9.71 Å². The Bertz CT molecular complexity index is 1040. The van der Waals surface area contributed by atoms with Gasteiger partial charge in [0.15, 0.2) is 0 Å². The molecule has 2 N–H and O–H groups in total. The molecule has 0 unspecified atom stereocenters. The summed E-state index contributed by atoms with van der Waals surface area (Å²) in [4.78, 5) is 29.6. The van der Waals surface area contributed by atoms with Crippen molar-refractivity contribution in [3.63, 3.8) is 0 Å². The molecule has 1 amide bonds. The summed E-state index contributed by atoms with van der Waals surface area (Å²) in [5.74, 6) is -0.375. The number of nitrogens with zero attached hydrogens (tertiary/aromatic N) is 1. The summed E-state index contributed by atoms with van der Waals surface area (Å²) < 4.78 is 26.2. The van der Waals surface area contributed by atoms with E-state index < -0.39 is 15.6 Å². The molecule has 7 nitrogen and oxygen atoms in total. The van der Waals surface area contributed by atoms with Crippen LogP contribution in [-0.4, -0.2) is 32.9 Å². The Kier molecular flexibility index (Phi) is 4.72. The zero-order valence-corrected chi connectivity index (χ0v) is 15.7. The topological polar surface area (TPSA) is 99.3 Å². The highest BCUT2D eigenvalue weighted by atomic mass is 32.2. The normalized spacial score (nSPS) is 13.7. The van der Waals surface area contributed by atoms with Crippen molar-refractivity contribution in [2.75, 3.05) is 18.5 Å². The zero-order valence-electron chi connectivity index (χ0n) is 14.9. The molecule has 0 radical (unpaired) electrons. The minimum atomic E-state index is -3.54. The van der Waals surface area contributed by atoms with E-state index in [2.05, 4.69) is 9.71 Å². The summed E-state index contributed by atoms with van der Waals surface area (Å²) in [6, 6.07) is 6.28. The van der Waals surface area contributed by atoms with Crippen molar-refractivity contribution in [1.29, 1.82) is 0 Å². The number of benzene rings is 1. The Morgan fingerprint density at radius 2 is 2.04 bits per heavy atom. The molecule has 0 spiro atoms. The van der Waals surface area contributed by atoms with Gasteiger partial charge < -0.3 is 9.88 Å². The highest BCUT2D eigenvalue weighted by molar-refractivity contribution is 7.89. The van der Waals surface area contributed by atoms with Gasteiger partial charge in [-0.25, -0.2) is 13.1 Å². The number of anilines is 1. The number of carbonyl (C=O) groups is 1. The number of fused-ring (bicyclic) bond motifs is 1. The van der Waals surface area contributed by atoms with Crippen molar-refractivity contribution >= 4 is 21.6 Å². The van der Waals surface area contributed by atoms with Crippen LogP contribution in [-0.2, 0) is 22.9 Å². The number of aromatic nitrogens is 1. The van der Waals surface area contributed by atoms with Crippen LogP contribution in [0.15, 0.2) is 34.0 Å². The van der Waals surface area contributed by atoms with Crippen molar-refractivity contribution in [2.45, 2.75) is 31.6 Å². The number of pyridine rings is 1. The molecule has 0 saturated carbocycles. The highest BCUT2D eigenvalue weighted by Gasteiger charge is 2.28. The molecular weight excluding hydrogens is 354 g/mol. The number of H-pyrrole nitrogens is 1. The summed E-state index contributed by atoms with van der Waals surface area (Å²) in [7, 11) is -2.18. The molecule has 0 aliphatic carbocycles. The highest BCUT2D eigenvalue weighted by Crippen LogP contribution is 2.31. The molecule has 8 heteroatoms. The first-order valence-electron chi connectivity index (χ1n) is 8.39. The Morgan fingerprint density at radius 3 is 2.69 bits per heavy atom. The smallest absolute Gasteiger partial charge is 0.263 e. The summed E-state index contributed by atoms with van der Waals surface area (Å²) in [5, 5.41) is 0. The average Bonchev–Trinajstić information content (AvgIpc) is 3.05. The minimum Gasteiger partial charge on any atom is -0.325 e. The van der Waals surface area contributed by atoms with Crippen LogP contribution in [0, 0.1) is 6.92 Å². The fourth-order valence-electron chi connectivity index (χ4n) is 3.22. The first-order valence-corrected chi connectivity index (χ1v) is 9.88. The quantitative estimate of drug-likeness (QED) is 0.843. The van der Waals surface area contributed by atoms with Gasteiger partial charge in [0.05, 0.1) is 4.90 Å². The van der Waals surface area contributed by atoms with E-state index in [-0.39, 0.29) is 16.4 Å². The Labute approximate surface area is 152 Å². The molecule has 138 valence electrons. The summed E-state index contributed by atoms with van der Waals surface area (Å²) in [5.41, 5.74) is 2.79. The molecule has 2 aromatic rings. The SMILES string of the molecule is CCc1[nH]c(=O)c(C(=O)N2CCc3cc(S(=O)(=O)NC)ccc32)cc1C. The van der Waals surface area contributed by atoms with E-state index in [0.29, 0.717) is 25.1 Å². The largest absolute Gasteiger partial charge is 0.325 e. The molecule has 1 aliphatic rings. The van der Waals surface area contributed by atoms with E-state index in [9.17, 15) is 18.0 Å². The Hall–Kier alpha value is -2.45. The second-order valence-electron chi connectivity index (χ2n) is 6.23. The maximum atomic E-state index is 12.9. The molecule has 1 aliphatic heterocycles. The number of rotatable bonds is 4. The van der Waals surface area contributed by atoms with Crippen molar-refractivity contribution in [3.05, 3.63) is 57.0 Å². The predicted molar refractivity (Wildman–Crippen MR) is 99.2 cm³/mol. The first kappa shape index (κ1) is 18.3. The minimum absolute atomic E-state index is 0.0967. The first-order chi connectivity index (χ1) is 12.3. The van der Waals surface area contributed by atoms with Crippen LogP contribution in [0.3, 0.4) is 0 Å². The summed E-state index contributed by atoms with van der Waals surface area (Å²) in [6.45, 7) is 4.21. The molecule has 0 saturated heterocycles. The van der Waals surface area contributed by atoms with Crippen LogP contribution < -0.4 is 15.2 Å². The van der Waals surface area contributed by atoms with E-state index in [0.717, 1.165) is 16.8 Å². The number of aromatic amines is 1. The van der Waals surface area contributed by atoms with Gasteiger partial charge in [-0.1, -0.05) is 6.92 Å². The van der Waals surface area contributed by atoms with E-state index in [1.807, 2.05) is 13.8 Å². The predicted octanol–water partition coefficient (Wildman–Crippen LogP) is 1.36. The molecule has 1 aromatic heterocycles. The van der Waals surface area contributed by atoms with Gasteiger partial charge >= 0.3 is 0 Å². The lowest BCUT2D eigenvalue weighted by molar-refractivity contribution is 0.0988. The molecular formula is C18H21N3O4S. The number of nitrogens with one attached hydrogen (secondary N) is 2. The van der Waals surface area contributed by atoms with Crippen LogP contribution in [0.2, 0.25) is 0 Å². The van der Waals surface area contributed by atoms with Gasteiger partial charge in [-0.05, 0) is 62.2 Å². The fourth-order valence-corrected chi connectivity index (χ4v) is 4.00. The lowest BCUT2D eigenvalue weighted by atomic mass is 10.1. The van der Waals surface area contributed by atoms with Gasteiger partial charge in [0.25, 0.3) is 11.5 Å². The number of aryl methyl sites for hydroxylation is 2. The maximum Gasteiger partial charge on any atom is 0.263 e. The van der Waals surface area contributed by atoms with Crippen LogP contribution in [0.25, 0.3) is 0 Å². The third kappa shape index (κ3) is 3.06. The second kappa shape index (κ2) is 6.69. The lowest BCUT2D eigenvalue weighted by Gasteiger charge is -2.18. The zero-order chi connectivity index (χ0) is 19.1. The summed E-state index contributed by atoms with van der Waals surface area (Å²) in [6.07, 6.45) is 1.23. The standard InChI is InChI=1S/C18H21N3O4S/c1-4-15-11(2)9-14(17(22)20-15)18(23)21-8-7-12-10-13(5-6-16(12)21)26(24,25)19-3/h5-6,9-10,19H,4,7-8H2,1-3H3,(H,20,22). The third-order valence-electron chi connectivity index (χ3n) is 4.70. The van der Waals surface area contributed by atoms with E-state index >= 15 is 0 Å². The molecule has 26 heavy (non-hydrogen) atoms. The molecule has 0 bridgehead atoms. The number of hydrogen-bond donors (Lipinski definition) is 2. The second-order valence-corrected chi connectivity index (χ2v) is 8.12. The van der Waals surface area contributed by atoms with E-state index in [1.54, 1.807) is 18.2 Å². The maximum absolute atomic E-state index is 12.9. The van der Waals surface area contributed by atoms with Gasteiger partial charge in [-0.2, -0.15) is 0 Å². The number of hydrogen-bond acceptors (Lipinski definition) is 4. The number of amides is 1. The van der Waals surface area contributed by atoms with E-state index in [1.165, 1.54) is 18.0 Å². The summed E-state index contributed by atoms with van der Waals surface area (Å²) >= 11 is 0. The Balaban J connectivity index is 1.98. The van der Waals surface area contributed by atoms with Crippen molar-refractivity contribution in [3.8, 4) is 0 Å². The third-order valence-corrected chi connectivity index (χ3v) is 6.11. The molecule has 0 fully saturated rings. The van der Waals surface area contributed by atoms with Gasteiger partial charge in [0.1, 0.15) is 5.56 Å². The number of carbonyl (C=O) groups excluding carboxylic acids is 1. The molecule has 2 heterocycles. The average molecular weight is 375 g/mol. The lowest BCUT2D eigenvalue weighted by Crippen LogP contribution is -2.34. The molecule has 3 rings (SSSR count). The monoisotopic (exact) mass is 375 g/mol. The van der Waals surface area contributed by atoms with Crippen LogP contribution >= 0.6 is 0 Å². The number of sulfonamides is 1. The Morgan fingerprint density at radius 1 is 1.31 bits per heavy atom.